The van der Waals surface area contributed by atoms with Crippen LogP contribution in [0.5, 0.6) is 5.75 Å². The first-order valence-electron chi connectivity index (χ1n) is 8.23. The van der Waals surface area contributed by atoms with Gasteiger partial charge in [0, 0.05) is 12.0 Å². The first-order chi connectivity index (χ1) is 11.5. The predicted octanol–water partition coefficient (Wildman–Crippen LogP) is 3.74. The van der Waals surface area contributed by atoms with E-state index in [1.165, 1.54) is 11.1 Å². The van der Waals surface area contributed by atoms with Crippen LogP contribution in [0.2, 0.25) is 0 Å². The number of nitrogens with zero attached hydrogens (tertiary/aromatic N) is 1. The van der Waals surface area contributed by atoms with Gasteiger partial charge < -0.3 is 15.8 Å². The first kappa shape index (κ1) is 21.3. The van der Waals surface area contributed by atoms with E-state index in [9.17, 15) is 0 Å². The van der Waals surface area contributed by atoms with E-state index in [4.69, 9.17) is 10.5 Å². The number of methoxy groups -OCH3 is 1. The van der Waals surface area contributed by atoms with Gasteiger partial charge in [0.25, 0.3) is 0 Å². The zero-order valence-corrected chi connectivity index (χ0v) is 17.5. The molecule has 0 saturated carbocycles. The van der Waals surface area contributed by atoms with E-state index in [1.807, 2.05) is 30.3 Å². The van der Waals surface area contributed by atoms with Gasteiger partial charge in [0.1, 0.15) is 5.75 Å². The van der Waals surface area contributed by atoms with Gasteiger partial charge in [-0.2, -0.15) is 0 Å². The Morgan fingerprint density at radius 2 is 1.72 bits per heavy atom. The van der Waals surface area contributed by atoms with Gasteiger partial charge in [0.2, 0.25) is 0 Å². The van der Waals surface area contributed by atoms with Gasteiger partial charge >= 0.3 is 0 Å². The Bertz CT molecular complexity index is 654. The van der Waals surface area contributed by atoms with Crippen molar-refractivity contribution in [2.45, 2.75) is 25.7 Å². The van der Waals surface area contributed by atoms with Crippen LogP contribution in [0.4, 0.5) is 0 Å². The predicted molar refractivity (Wildman–Crippen MR) is 116 cm³/mol. The van der Waals surface area contributed by atoms with Gasteiger partial charge in [-0.05, 0) is 29.7 Å². The van der Waals surface area contributed by atoms with Crippen molar-refractivity contribution in [2.24, 2.45) is 10.7 Å². The van der Waals surface area contributed by atoms with Crippen LogP contribution in [0.3, 0.4) is 0 Å². The molecule has 2 rings (SSSR count). The minimum absolute atomic E-state index is 0. The molecule has 5 heteroatoms. The zero-order chi connectivity index (χ0) is 17.4. The van der Waals surface area contributed by atoms with Crippen LogP contribution in [0.15, 0.2) is 59.6 Å². The Hall–Kier alpha value is -1.76. The fourth-order valence-electron chi connectivity index (χ4n) is 2.45. The second-order valence-electron chi connectivity index (χ2n) is 6.48. The van der Waals surface area contributed by atoms with Crippen LogP contribution in [0.1, 0.15) is 25.0 Å². The molecular weight excluding hydrogens is 425 g/mol. The summed E-state index contributed by atoms with van der Waals surface area (Å²) < 4.78 is 5.20. The van der Waals surface area contributed by atoms with E-state index in [-0.39, 0.29) is 29.4 Å². The van der Waals surface area contributed by atoms with Crippen LogP contribution in [0, 0.1) is 0 Å². The lowest BCUT2D eigenvalue weighted by Crippen LogP contribution is -2.35. The molecule has 0 saturated heterocycles. The average molecular weight is 453 g/mol. The van der Waals surface area contributed by atoms with Crippen LogP contribution in [0.25, 0.3) is 0 Å². The summed E-state index contributed by atoms with van der Waals surface area (Å²) in [6, 6.07) is 18.4. The van der Waals surface area contributed by atoms with E-state index in [1.54, 1.807) is 7.11 Å². The fraction of sp³-hybridized carbons (Fsp3) is 0.350. The number of aliphatic imine (C=N–C) groups is 1. The topological polar surface area (TPSA) is 59.6 Å². The normalized spacial score (nSPS) is 11.6. The molecule has 0 heterocycles. The molecular formula is C20H28IN3O. The first-order valence-corrected chi connectivity index (χ1v) is 8.23. The lowest BCUT2D eigenvalue weighted by atomic mass is 9.85. The molecule has 0 aliphatic heterocycles. The summed E-state index contributed by atoms with van der Waals surface area (Å²) in [4.78, 5) is 4.50. The second kappa shape index (κ2) is 10.3. The number of nitrogens with one attached hydrogen (secondary N) is 1. The van der Waals surface area contributed by atoms with E-state index in [0.717, 1.165) is 18.7 Å². The number of hydrogen-bond donors (Lipinski definition) is 2. The monoisotopic (exact) mass is 453 g/mol. The third-order valence-electron chi connectivity index (χ3n) is 4.08. The summed E-state index contributed by atoms with van der Waals surface area (Å²) in [6.07, 6.45) is 0.929. The lowest BCUT2D eigenvalue weighted by Gasteiger charge is -2.23. The molecule has 0 bridgehead atoms. The summed E-state index contributed by atoms with van der Waals surface area (Å²) in [5.41, 5.74) is 8.40. The SMILES string of the molecule is COc1ccc(C(C)(C)CN=C(N)NCCc2ccccc2)cc1.I. The summed E-state index contributed by atoms with van der Waals surface area (Å²) in [7, 11) is 1.67. The van der Waals surface area contributed by atoms with E-state index in [0.29, 0.717) is 12.5 Å². The molecule has 2 aromatic rings. The number of benzene rings is 2. The molecule has 0 atom stereocenters. The summed E-state index contributed by atoms with van der Waals surface area (Å²) in [5.74, 6) is 1.35. The highest BCUT2D eigenvalue weighted by Crippen LogP contribution is 2.25. The van der Waals surface area contributed by atoms with Crippen LogP contribution >= 0.6 is 24.0 Å². The number of rotatable bonds is 7. The molecule has 2 aromatic carbocycles. The Labute approximate surface area is 167 Å². The van der Waals surface area contributed by atoms with Gasteiger partial charge in [-0.3, -0.25) is 4.99 Å². The highest BCUT2D eigenvalue weighted by molar-refractivity contribution is 14.0. The minimum Gasteiger partial charge on any atom is -0.497 e. The zero-order valence-electron chi connectivity index (χ0n) is 15.2. The Morgan fingerprint density at radius 3 is 2.32 bits per heavy atom. The van der Waals surface area contributed by atoms with Crippen molar-refractivity contribution in [3.05, 3.63) is 65.7 Å². The highest BCUT2D eigenvalue weighted by atomic mass is 127. The lowest BCUT2D eigenvalue weighted by molar-refractivity contribution is 0.414. The van der Waals surface area contributed by atoms with E-state index in [2.05, 4.69) is 48.4 Å². The largest absolute Gasteiger partial charge is 0.497 e. The Morgan fingerprint density at radius 1 is 1.08 bits per heavy atom. The third-order valence-corrected chi connectivity index (χ3v) is 4.08. The maximum absolute atomic E-state index is 5.99. The third kappa shape index (κ3) is 6.94. The molecule has 0 spiro atoms. The molecule has 0 unspecified atom stereocenters. The molecule has 0 radical (unpaired) electrons. The number of nitrogens with two attached hydrogens (primary N) is 1. The maximum Gasteiger partial charge on any atom is 0.188 e. The molecule has 25 heavy (non-hydrogen) atoms. The van der Waals surface area contributed by atoms with Crippen molar-refractivity contribution in [2.75, 3.05) is 20.2 Å². The minimum atomic E-state index is -0.0853. The fourth-order valence-corrected chi connectivity index (χ4v) is 2.45. The van der Waals surface area contributed by atoms with Gasteiger partial charge in [-0.1, -0.05) is 56.3 Å². The van der Waals surface area contributed by atoms with Gasteiger partial charge in [-0.15, -0.1) is 24.0 Å². The van der Waals surface area contributed by atoms with Gasteiger partial charge in [-0.25, -0.2) is 0 Å². The summed E-state index contributed by atoms with van der Waals surface area (Å²) in [6.45, 7) is 5.73. The van der Waals surface area contributed by atoms with E-state index < -0.39 is 0 Å². The number of ether oxygens (including phenoxy) is 1. The van der Waals surface area contributed by atoms with Crippen molar-refractivity contribution in [1.29, 1.82) is 0 Å². The smallest absolute Gasteiger partial charge is 0.188 e. The second-order valence-corrected chi connectivity index (χ2v) is 6.48. The Balaban J connectivity index is 0.00000312. The molecule has 136 valence electrons. The maximum atomic E-state index is 5.99. The van der Waals surface area contributed by atoms with Crippen molar-refractivity contribution in [3.8, 4) is 5.75 Å². The molecule has 4 nitrogen and oxygen atoms in total. The van der Waals surface area contributed by atoms with Crippen LogP contribution in [-0.2, 0) is 11.8 Å². The number of halogens is 1. The van der Waals surface area contributed by atoms with Crippen molar-refractivity contribution >= 4 is 29.9 Å². The molecule has 0 aromatic heterocycles. The van der Waals surface area contributed by atoms with Gasteiger partial charge in [0.15, 0.2) is 5.96 Å². The van der Waals surface area contributed by atoms with Gasteiger partial charge in [0.05, 0.1) is 13.7 Å². The summed E-state index contributed by atoms with van der Waals surface area (Å²) in [5, 5.41) is 3.18. The highest BCUT2D eigenvalue weighted by Gasteiger charge is 2.20. The molecule has 0 fully saturated rings. The summed E-state index contributed by atoms with van der Waals surface area (Å²) >= 11 is 0. The average Bonchev–Trinajstić information content (AvgIpc) is 2.61. The Kier molecular flexibility index (Phi) is 8.75. The quantitative estimate of drug-likeness (QED) is 0.382. The molecule has 3 N–H and O–H groups in total. The molecule has 0 amide bonds. The van der Waals surface area contributed by atoms with Crippen LogP contribution in [-0.4, -0.2) is 26.2 Å². The number of hydrogen-bond acceptors (Lipinski definition) is 2. The standard InChI is InChI=1S/C20H27N3O.HI/c1-20(2,17-9-11-18(24-3)12-10-17)15-23-19(21)22-14-13-16-7-5-4-6-8-16;/h4-12H,13-15H2,1-3H3,(H3,21,22,23);1H. The molecule has 0 aliphatic carbocycles. The number of guanidine groups is 1. The van der Waals surface area contributed by atoms with E-state index >= 15 is 0 Å². The van der Waals surface area contributed by atoms with Crippen LogP contribution < -0.4 is 15.8 Å². The van der Waals surface area contributed by atoms with Crippen molar-refractivity contribution < 1.29 is 4.74 Å². The van der Waals surface area contributed by atoms with Crippen molar-refractivity contribution in [1.82, 2.24) is 5.32 Å². The molecule has 0 aliphatic rings. The van der Waals surface area contributed by atoms with Crippen molar-refractivity contribution in [3.63, 3.8) is 0 Å².